The fourth-order valence-electron chi connectivity index (χ4n) is 1.37. The predicted octanol–water partition coefficient (Wildman–Crippen LogP) is 0.970. The van der Waals surface area contributed by atoms with Crippen molar-refractivity contribution in [2.75, 3.05) is 13.2 Å². The van der Waals surface area contributed by atoms with E-state index in [4.69, 9.17) is 10.5 Å². The molecular weight excluding hydrogens is 230 g/mol. The minimum absolute atomic E-state index is 0.508. The second-order valence-electron chi connectivity index (χ2n) is 3.79. The predicted molar refractivity (Wildman–Crippen MR) is 67.0 cm³/mol. The lowest BCUT2D eigenvalue weighted by molar-refractivity contribution is 0.313. The molecule has 0 radical (unpaired) electrons. The van der Waals surface area contributed by atoms with Crippen LogP contribution in [0.3, 0.4) is 0 Å². The van der Waals surface area contributed by atoms with Gasteiger partial charge in [-0.15, -0.1) is 20.4 Å². The highest BCUT2D eigenvalue weighted by molar-refractivity contribution is 5.54. The molecule has 1 heterocycles. The van der Waals surface area contributed by atoms with Gasteiger partial charge in [0.15, 0.2) is 5.82 Å². The Hall–Kier alpha value is -2.08. The summed E-state index contributed by atoms with van der Waals surface area (Å²) in [6.45, 7) is 3.00. The van der Waals surface area contributed by atoms with Crippen molar-refractivity contribution in [2.45, 2.75) is 13.3 Å². The van der Waals surface area contributed by atoms with Gasteiger partial charge in [0.2, 0.25) is 5.82 Å². The van der Waals surface area contributed by atoms with Gasteiger partial charge in [-0.25, -0.2) is 0 Å². The molecule has 2 N–H and O–H groups in total. The average Bonchev–Trinajstić information content (AvgIpc) is 2.41. The van der Waals surface area contributed by atoms with Gasteiger partial charge in [0.25, 0.3) is 0 Å². The Bertz CT molecular complexity index is 483. The summed E-state index contributed by atoms with van der Waals surface area (Å²) >= 11 is 0. The van der Waals surface area contributed by atoms with E-state index in [1.807, 2.05) is 24.3 Å². The summed E-state index contributed by atoms with van der Waals surface area (Å²) in [6, 6.07) is 7.50. The molecule has 1 aromatic carbocycles. The first kappa shape index (κ1) is 12.4. The summed E-state index contributed by atoms with van der Waals surface area (Å²) in [7, 11) is 0. The molecule has 0 aliphatic heterocycles. The minimum atomic E-state index is 0.508. The van der Waals surface area contributed by atoms with Crippen LogP contribution in [0.5, 0.6) is 5.75 Å². The SMILES string of the molecule is Cc1nnc(-c2ccc(OCCCN)cc2)nn1. The molecule has 0 aliphatic rings. The van der Waals surface area contributed by atoms with Gasteiger partial charge < -0.3 is 10.5 Å². The monoisotopic (exact) mass is 245 g/mol. The third-order valence-electron chi connectivity index (χ3n) is 2.31. The zero-order valence-electron chi connectivity index (χ0n) is 10.2. The largest absolute Gasteiger partial charge is 0.494 e. The van der Waals surface area contributed by atoms with Crippen LogP contribution in [-0.2, 0) is 0 Å². The lowest BCUT2D eigenvalue weighted by Crippen LogP contribution is -2.06. The molecule has 18 heavy (non-hydrogen) atoms. The third kappa shape index (κ3) is 3.21. The van der Waals surface area contributed by atoms with E-state index < -0.39 is 0 Å². The molecule has 0 bridgehead atoms. The standard InChI is InChI=1S/C12H15N5O/c1-9-14-16-12(17-15-9)10-3-5-11(6-4-10)18-8-2-7-13/h3-6H,2,7-8,13H2,1H3. The molecule has 1 aromatic heterocycles. The Morgan fingerprint density at radius 3 is 2.33 bits per heavy atom. The van der Waals surface area contributed by atoms with Crippen molar-refractivity contribution in [2.24, 2.45) is 5.73 Å². The number of nitrogens with zero attached hydrogens (tertiary/aromatic N) is 4. The van der Waals surface area contributed by atoms with E-state index in [0.717, 1.165) is 17.7 Å². The van der Waals surface area contributed by atoms with E-state index in [1.165, 1.54) is 0 Å². The molecule has 0 atom stereocenters. The van der Waals surface area contributed by atoms with Crippen molar-refractivity contribution in [1.29, 1.82) is 0 Å². The van der Waals surface area contributed by atoms with Crippen molar-refractivity contribution in [3.05, 3.63) is 30.1 Å². The topological polar surface area (TPSA) is 86.8 Å². The summed E-state index contributed by atoms with van der Waals surface area (Å²) in [4.78, 5) is 0. The summed E-state index contributed by atoms with van der Waals surface area (Å²) in [6.07, 6.45) is 0.844. The van der Waals surface area contributed by atoms with E-state index in [1.54, 1.807) is 6.92 Å². The minimum Gasteiger partial charge on any atom is -0.494 e. The van der Waals surface area contributed by atoms with Crippen LogP contribution in [0.15, 0.2) is 24.3 Å². The number of hydrogen-bond acceptors (Lipinski definition) is 6. The molecular formula is C12H15N5O. The van der Waals surface area contributed by atoms with Crippen LogP contribution in [-0.4, -0.2) is 33.5 Å². The first-order valence-corrected chi connectivity index (χ1v) is 5.77. The molecule has 2 aromatic rings. The lowest BCUT2D eigenvalue weighted by Gasteiger charge is -2.05. The zero-order chi connectivity index (χ0) is 12.8. The molecule has 0 spiro atoms. The molecule has 0 amide bonds. The quantitative estimate of drug-likeness (QED) is 0.790. The zero-order valence-corrected chi connectivity index (χ0v) is 10.2. The molecule has 6 nitrogen and oxygen atoms in total. The molecule has 0 unspecified atom stereocenters. The Labute approximate surface area is 105 Å². The van der Waals surface area contributed by atoms with Crippen molar-refractivity contribution >= 4 is 0 Å². The van der Waals surface area contributed by atoms with Crippen molar-refractivity contribution in [1.82, 2.24) is 20.4 Å². The first-order valence-electron chi connectivity index (χ1n) is 5.77. The van der Waals surface area contributed by atoms with E-state index in [9.17, 15) is 0 Å². The van der Waals surface area contributed by atoms with E-state index in [-0.39, 0.29) is 0 Å². The maximum absolute atomic E-state index is 5.50. The smallest absolute Gasteiger partial charge is 0.203 e. The molecule has 2 rings (SSSR count). The van der Waals surface area contributed by atoms with Gasteiger partial charge in [-0.1, -0.05) is 0 Å². The van der Waals surface area contributed by atoms with Crippen LogP contribution in [0.4, 0.5) is 0 Å². The number of aryl methyl sites for hydroxylation is 1. The van der Waals surface area contributed by atoms with Crippen LogP contribution >= 0.6 is 0 Å². The summed E-state index contributed by atoms with van der Waals surface area (Å²) in [5.41, 5.74) is 6.26. The summed E-state index contributed by atoms with van der Waals surface area (Å²) in [5, 5.41) is 15.7. The van der Waals surface area contributed by atoms with Gasteiger partial charge in [0.1, 0.15) is 5.75 Å². The molecule has 0 aliphatic carbocycles. The van der Waals surface area contributed by atoms with Gasteiger partial charge in [0, 0.05) is 5.56 Å². The third-order valence-corrected chi connectivity index (χ3v) is 2.31. The van der Waals surface area contributed by atoms with Crippen molar-refractivity contribution < 1.29 is 4.74 Å². The van der Waals surface area contributed by atoms with Gasteiger partial charge in [-0.05, 0) is 44.2 Å². The molecule has 0 fully saturated rings. The Balaban J connectivity index is 2.05. The second kappa shape index (κ2) is 6.02. The molecule has 0 saturated heterocycles. The number of rotatable bonds is 5. The number of ether oxygens (including phenoxy) is 1. The van der Waals surface area contributed by atoms with E-state index in [2.05, 4.69) is 20.4 Å². The number of hydrogen-bond donors (Lipinski definition) is 1. The van der Waals surface area contributed by atoms with Gasteiger partial charge in [-0.3, -0.25) is 0 Å². The van der Waals surface area contributed by atoms with Gasteiger partial charge in [0.05, 0.1) is 6.61 Å². The normalized spacial score (nSPS) is 10.3. The molecule has 0 saturated carbocycles. The van der Waals surface area contributed by atoms with Gasteiger partial charge in [-0.2, -0.15) is 0 Å². The maximum Gasteiger partial charge on any atom is 0.203 e. The number of benzene rings is 1. The first-order chi connectivity index (χ1) is 8.79. The summed E-state index contributed by atoms with van der Waals surface area (Å²) < 4.78 is 5.50. The van der Waals surface area contributed by atoms with E-state index >= 15 is 0 Å². The van der Waals surface area contributed by atoms with Crippen LogP contribution in [0.25, 0.3) is 11.4 Å². The van der Waals surface area contributed by atoms with Crippen LogP contribution in [0, 0.1) is 6.92 Å². The lowest BCUT2D eigenvalue weighted by atomic mass is 10.2. The Morgan fingerprint density at radius 1 is 1.06 bits per heavy atom. The second-order valence-corrected chi connectivity index (χ2v) is 3.79. The summed E-state index contributed by atoms with van der Waals surface area (Å²) in [5.74, 6) is 1.87. The maximum atomic E-state index is 5.50. The fourth-order valence-corrected chi connectivity index (χ4v) is 1.37. The average molecular weight is 245 g/mol. The number of nitrogens with two attached hydrogens (primary N) is 1. The highest BCUT2D eigenvalue weighted by atomic mass is 16.5. The molecule has 6 heteroatoms. The van der Waals surface area contributed by atoms with Crippen molar-refractivity contribution in [3.63, 3.8) is 0 Å². The van der Waals surface area contributed by atoms with E-state index in [0.29, 0.717) is 24.8 Å². The van der Waals surface area contributed by atoms with Crippen LogP contribution in [0.2, 0.25) is 0 Å². The highest BCUT2D eigenvalue weighted by Gasteiger charge is 2.03. The molecule has 94 valence electrons. The van der Waals surface area contributed by atoms with Crippen molar-refractivity contribution in [3.8, 4) is 17.1 Å². The van der Waals surface area contributed by atoms with Gasteiger partial charge >= 0.3 is 0 Å². The Morgan fingerprint density at radius 2 is 1.72 bits per heavy atom. The fraction of sp³-hybridized carbons (Fsp3) is 0.333. The van der Waals surface area contributed by atoms with Crippen LogP contribution in [0.1, 0.15) is 12.2 Å². The van der Waals surface area contributed by atoms with Crippen LogP contribution < -0.4 is 10.5 Å². The highest BCUT2D eigenvalue weighted by Crippen LogP contribution is 2.18. The Kier molecular flexibility index (Phi) is 4.14. The number of aromatic nitrogens is 4.